The van der Waals surface area contributed by atoms with E-state index in [9.17, 15) is 14.4 Å². The molecule has 1 aliphatic rings. The van der Waals surface area contributed by atoms with Gasteiger partial charge in [0.1, 0.15) is 0 Å². The molecule has 2 aromatic rings. The van der Waals surface area contributed by atoms with Crippen molar-refractivity contribution in [1.82, 2.24) is 10.2 Å². The molecule has 1 heterocycles. The molecule has 0 bridgehead atoms. The van der Waals surface area contributed by atoms with Gasteiger partial charge in [-0.1, -0.05) is 41.4 Å². The fraction of sp³-hybridized carbons (Fsp3) is 0.167. The van der Waals surface area contributed by atoms with E-state index in [0.29, 0.717) is 10.6 Å². The zero-order valence-electron chi connectivity index (χ0n) is 13.1. The van der Waals surface area contributed by atoms with Crippen molar-refractivity contribution >= 4 is 40.9 Å². The Kier molecular flexibility index (Phi) is 5.06. The van der Waals surface area contributed by atoms with Crippen LogP contribution in [0.25, 0.3) is 0 Å². The van der Waals surface area contributed by atoms with Crippen LogP contribution in [0, 0.1) is 0 Å². The van der Waals surface area contributed by atoms with Gasteiger partial charge in [-0.15, -0.1) is 0 Å². The molecule has 3 rings (SSSR count). The molecule has 0 fully saturated rings. The molecule has 0 atom stereocenters. The highest BCUT2D eigenvalue weighted by Crippen LogP contribution is 2.28. The van der Waals surface area contributed by atoms with Crippen LogP contribution in [0.5, 0.6) is 0 Å². The molecule has 128 valence electrons. The molecule has 0 saturated carbocycles. The normalized spacial score (nSPS) is 13.1. The fourth-order valence-electron chi connectivity index (χ4n) is 2.65. The predicted octanol–water partition coefficient (Wildman–Crippen LogP) is 2.95. The van der Waals surface area contributed by atoms with Gasteiger partial charge in [0.25, 0.3) is 11.8 Å². The predicted molar refractivity (Wildman–Crippen MR) is 95.0 cm³/mol. The van der Waals surface area contributed by atoms with E-state index in [2.05, 4.69) is 5.32 Å². The number of hydrogen-bond donors (Lipinski definition) is 1. The summed E-state index contributed by atoms with van der Waals surface area (Å²) in [4.78, 5) is 37.7. The topological polar surface area (TPSA) is 66.5 Å². The van der Waals surface area contributed by atoms with Gasteiger partial charge in [0.15, 0.2) is 0 Å². The van der Waals surface area contributed by atoms with E-state index in [1.165, 1.54) is 0 Å². The van der Waals surface area contributed by atoms with Crippen molar-refractivity contribution in [3.8, 4) is 0 Å². The van der Waals surface area contributed by atoms with Crippen LogP contribution >= 0.6 is 23.2 Å². The second-order valence-corrected chi connectivity index (χ2v) is 6.42. The Balaban J connectivity index is 1.55. The molecular formula is C18H14Cl2N2O3. The first kappa shape index (κ1) is 17.5. The summed E-state index contributed by atoms with van der Waals surface area (Å²) in [7, 11) is 0. The number of carbonyl (C=O) groups is 3. The minimum atomic E-state index is -0.433. The largest absolute Gasteiger partial charge is 0.354 e. The Morgan fingerprint density at radius 1 is 1.00 bits per heavy atom. The number of rotatable bonds is 5. The second-order valence-electron chi connectivity index (χ2n) is 5.58. The third-order valence-electron chi connectivity index (χ3n) is 3.88. The van der Waals surface area contributed by atoms with Crippen LogP contribution < -0.4 is 5.32 Å². The molecule has 0 aromatic heterocycles. The molecule has 0 aliphatic carbocycles. The van der Waals surface area contributed by atoms with Gasteiger partial charge in [0.2, 0.25) is 5.91 Å². The Hall–Kier alpha value is -2.37. The van der Waals surface area contributed by atoms with Gasteiger partial charge in [0.05, 0.1) is 22.6 Å². The molecule has 0 radical (unpaired) electrons. The van der Waals surface area contributed by atoms with Gasteiger partial charge in [-0.3, -0.25) is 19.3 Å². The Bertz CT molecular complexity index is 850. The maximum absolute atomic E-state index is 12.3. The number of fused-ring (bicyclic) bond motifs is 1. The maximum atomic E-state index is 12.3. The first-order valence-electron chi connectivity index (χ1n) is 7.63. The quantitative estimate of drug-likeness (QED) is 0.815. The van der Waals surface area contributed by atoms with E-state index in [1.807, 2.05) is 0 Å². The fourth-order valence-corrected chi connectivity index (χ4v) is 3.03. The van der Waals surface area contributed by atoms with Crippen LogP contribution in [0.3, 0.4) is 0 Å². The second kappa shape index (κ2) is 7.25. The lowest BCUT2D eigenvalue weighted by atomic mass is 10.1. The van der Waals surface area contributed by atoms with Crippen LogP contribution in [0.15, 0.2) is 42.5 Å². The van der Waals surface area contributed by atoms with Crippen molar-refractivity contribution in [2.24, 2.45) is 0 Å². The number of benzene rings is 2. The lowest BCUT2D eigenvalue weighted by Gasteiger charge is -2.14. The molecule has 1 aliphatic heterocycles. The summed E-state index contributed by atoms with van der Waals surface area (Å²) in [6, 6.07) is 11.7. The van der Waals surface area contributed by atoms with E-state index >= 15 is 0 Å². The summed E-state index contributed by atoms with van der Waals surface area (Å²) in [6.45, 7) is 0.268. The van der Waals surface area contributed by atoms with Crippen molar-refractivity contribution in [3.05, 3.63) is 69.2 Å². The lowest BCUT2D eigenvalue weighted by Crippen LogP contribution is -2.38. The van der Waals surface area contributed by atoms with Gasteiger partial charge < -0.3 is 5.32 Å². The van der Waals surface area contributed by atoms with Gasteiger partial charge in [-0.2, -0.15) is 0 Å². The van der Waals surface area contributed by atoms with E-state index in [4.69, 9.17) is 23.2 Å². The molecule has 0 spiro atoms. The molecule has 3 amide bonds. The van der Waals surface area contributed by atoms with Gasteiger partial charge in [0, 0.05) is 18.1 Å². The SMILES string of the molecule is O=C(Cc1ccc(Cl)cc1)NCCN1C(=O)c2cccc(Cl)c2C1=O. The van der Waals surface area contributed by atoms with Crippen molar-refractivity contribution in [3.63, 3.8) is 0 Å². The number of hydrogen-bond acceptors (Lipinski definition) is 3. The van der Waals surface area contributed by atoms with Crippen LogP contribution in [-0.2, 0) is 11.2 Å². The number of halogens is 2. The molecule has 7 heteroatoms. The van der Waals surface area contributed by atoms with E-state index < -0.39 is 11.8 Å². The van der Waals surface area contributed by atoms with E-state index in [0.717, 1.165) is 10.5 Å². The number of carbonyl (C=O) groups excluding carboxylic acids is 3. The number of nitrogens with zero attached hydrogens (tertiary/aromatic N) is 1. The van der Waals surface area contributed by atoms with Crippen LogP contribution in [0.1, 0.15) is 26.3 Å². The lowest BCUT2D eigenvalue weighted by molar-refractivity contribution is -0.120. The first-order chi connectivity index (χ1) is 12.0. The monoisotopic (exact) mass is 376 g/mol. The highest BCUT2D eigenvalue weighted by atomic mass is 35.5. The molecule has 0 unspecified atom stereocenters. The van der Waals surface area contributed by atoms with Gasteiger partial charge in [-0.05, 0) is 29.8 Å². The van der Waals surface area contributed by atoms with Gasteiger partial charge in [-0.25, -0.2) is 0 Å². The number of amides is 3. The van der Waals surface area contributed by atoms with Crippen LogP contribution in [-0.4, -0.2) is 35.7 Å². The zero-order chi connectivity index (χ0) is 18.0. The maximum Gasteiger partial charge on any atom is 0.263 e. The highest BCUT2D eigenvalue weighted by molar-refractivity contribution is 6.37. The minimum absolute atomic E-state index is 0.0923. The van der Waals surface area contributed by atoms with Crippen molar-refractivity contribution in [2.45, 2.75) is 6.42 Å². The molecule has 1 N–H and O–H groups in total. The first-order valence-corrected chi connectivity index (χ1v) is 8.39. The summed E-state index contributed by atoms with van der Waals surface area (Å²) < 4.78 is 0. The van der Waals surface area contributed by atoms with Crippen molar-refractivity contribution in [2.75, 3.05) is 13.1 Å². The van der Waals surface area contributed by atoms with E-state index in [-0.39, 0.29) is 36.0 Å². The standard InChI is InChI=1S/C18H14Cl2N2O3/c19-12-6-4-11(5-7-12)10-15(23)21-8-9-22-17(24)13-2-1-3-14(20)16(13)18(22)25/h1-7H,8-10H2,(H,21,23). The summed E-state index contributed by atoms with van der Waals surface area (Å²) in [5.74, 6) is -1.02. The summed E-state index contributed by atoms with van der Waals surface area (Å²) in [5, 5.41) is 3.56. The summed E-state index contributed by atoms with van der Waals surface area (Å²) in [6.07, 6.45) is 0.200. The third-order valence-corrected chi connectivity index (χ3v) is 4.45. The molecular weight excluding hydrogens is 363 g/mol. The summed E-state index contributed by atoms with van der Waals surface area (Å²) in [5.41, 5.74) is 1.35. The van der Waals surface area contributed by atoms with Crippen molar-refractivity contribution in [1.29, 1.82) is 0 Å². The average Bonchev–Trinajstić information content (AvgIpc) is 2.83. The minimum Gasteiger partial charge on any atom is -0.354 e. The van der Waals surface area contributed by atoms with Gasteiger partial charge >= 0.3 is 0 Å². The molecule has 2 aromatic carbocycles. The molecule has 25 heavy (non-hydrogen) atoms. The third kappa shape index (κ3) is 3.67. The molecule has 5 nitrogen and oxygen atoms in total. The Labute approximate surface area is 154 Å². The number of nitrogens with one attached hydrogen (secondary N) is 1. The summed E-state index contributed by atoms with van der Waals surface area (Å²) >= 11 is 11.8. The Morgan fingerprint density at radius 2 is 1.72 bits per heavy atom. The number of imide groups is 1. The Morgan fingerprint density at radius 3 is 2.40 bits per heavy atom. The zero-order valence-corrected chi connectivity index (χ0v) is 14.6. The average molecular weight is 377 g/mol. The smallest absolute Gasteiger partial charge is 0.263 e. The van der Waals surface area contributed by atoms with Crippen molar-refractivity contribution < 1.29 is 14.4 Å². The van der Waals surface area contributed by atoms with Crippen LogP contribution in [0.4, 0.5) is 0 Å². The van der Waals surface area contributed by atoms with Crippen LogP contribution in [0.2, 0.25) is 10.0 Å². The van der Waals surface area contributed by atoms with E-state index in [1.54, 1.807) is 42.5 Å². The molecule has 0 saturated heterocycles. The highest BCUT2D eigenvalue weighted by Gasteiger charge is 2.36.